The summed E-state index contributed by atoms with van der Waals surface area (Å²) in [6.07, 6.45) is 1.88. The molecule has 18 heavy (non-hydrogen) atoms. The van der Waals surface area contributed by atoms with Crippen molar-refractivity contribution in [2.45, 2.75) is 25.3 Å². The van der Waals surface area contributed by atoms with E-state index in [-0.39, 0.29) is 17.6 Å². The molecule has 0 aromatic heterocycles. The van der Waals surface area contributed by atoms with Crippen molar-refractivity contribution in [3.8, 4) is 0 Å². The van der Waals surface area contributed by atoms with E-state index < -0.39 is 23.4 Å². The van der Waals surface area contributed by atoms with Gasteiger partial charge in [-0.1, -0.05) is 0 Å². The summed E-state index contributed by atoms with van der Waals surface area (Å²) in [6.45, 7) is 0. The Morgan fingerprint density at radius 3 is 2.44 bits per heavy atom. The van der Waals surface area contributed by atoms with Gasteiger partial charge in [0.1, 0.15) is 5.82 Å². The molecule has 1 fully saturated rings. The molecule has 1 aliphatic carbocycles. The third kappa shape index (κ3) is 2.64. The van der Waals surface area contributed by atoms with E-state index in [1.165, 1.54) is 0 Å². The summed E-state index contributed by atoms with van der Waals surface area (Å²) in [5, 5.41) is 2.26. The lowest BCUT2D eigenvalue weighted by molar-refractivity contribution is -0.119. The summed E-state index contributed by atoms with van der Waals surface area (Å²) in [4.78, 5) is 11.8. The monoisotopic (exact) mass is 258 g/mol. The fraction of sp³-hybridized carbons (Fsp3) is 0.417. The number of amides is 1. The smallest absolute Gasteiger partial charge is 0.227 e. The molecule has 0 radical (unpaired) electrons. The van der Waals surface area contributed by atoms with Gasteiger partial charge >= 0.3 is 0 Å². The molecule has 1 aliphatic rings. The van der Waals surface area contributed by atoms with Crippen molar-refractivity contribution in [3.05, 3.63) is 29.6 Å². The van der Waals surface area contributed by atoms with Gasteiger partial charge in [0, 0.05) is 24.1 Å². The van der Waals surface area contributed by atoms with Gasteiger partial charge in [-0.2, -0.15) is 0 Å². The Morgan fingerprint density at radius 1 is 1.17 bits per heavy atom. The van der Waals surface area contributed by atoms with E-state index in [0.717, 1.165) is 6.42 Å². The zero-order valence-corrected chi connectivity index (χ0v) is 9.55. The lowest BCUT2D eigenvalue weighted by Gasteiger charge is -2.11. The Bertz CT molecular complexity index is 479. The zero-order valence-electron chi connectivity index (χ0n) is 9.55. The second-order valence-corrected chi connectivity index (χ2v) is 4.51. The standard InChI is InChI=1S/C12H13F3N2O/c13-8-4-10(15)11(5-9(8)14)17-12(18)6-1-2-7(16)3-6/h4-7H,1-3,16H2,(H,17,18)/t6-,7-/m0/s1. The maximum Gasteiger partial charge on any atom is 0.227 e. The highest BCUT2D eigenvalue weighted by molar-refractivity contribution is 5.92. The summed E-state index contributed by atoms with van der Waals surface area (Å²) >= 11 is 0. The first-order chi connectivity index (χ1) is 8.47. The third-order valence-electron chi connectivity index (χ3n) is 3.11. The van der Waals surface area contributed by atoms with Crippen LogP contribution in [0.1, 0.15) is 19.3 Å². The summed E-state index contributed by atoms with van der Waals surface area (Å²) in [6, 6.07) is 1.01. The fourth-order valence-electron chi connectivity index (χ4n) is 2.11. The first-order valence-corrected chi connectivity index (χ1v) is 5.68. The van der Waals surface area contributed by atoms with Gasteiger partial charge in [-0.25, -0.2) is 13.2 Å². The number of nitrogens with one attached hydrogen (secondary N) is 1. The van der Waals surface area contributed by atoms with Crippen LogP contribution in [0.5, 0.6) is 0 Å². The van der Waals surface area contributed by atoms with Crippen molar-refractivity contribution in [3.63, 3.8) is 0 Å². The van der Waals surface area contributed by atoms with E-state index in [9.17, 15) is 18.0 Å². The van der Waals surface area contributed by atoms with Crippen LogP contribution in [0.3, 0.4) is 0 Å². The SMILES string of the molecule is N[C@H]1CC[C@H](C(=O)Nc2cc(F)c(F)cc2F)C1. The molecule has 1 amide bonds. The Kier molecular flexibility index (Phi) is 3.56. The number of benzene rings is 1. The highest BCUT2D eigenvalue weighted by Gasteiger charge is 2.28. The van der Waals surface area contributed by atoms with Crippen LogP contribution in [-0.4, -0.2) is 11.9 Å². The quantitative estimate of drug-likeness (QED) is 0.799. The summed E-state index contributed by atoms with van der Waals surface area (Å²) < 4.78 is 38.9. The number of carbonyl (C=O) groups excluding carboxylic acids is 1. The normalized spacial score (nSPS) is 23.1. The van der Waals surface area contributed by atoms with Gasteiger partial charge in [0.2, 0.25) is 5.91 Å². The molecule has 98 valence electrons. The van der Waals surface area contributed by atoms with Crippen LogP contribution < -0.4 is 11.1 Å². The maximum atomic E-state index is 13.3. The van der Waals surface area contributed by atoms with Gasteiger partial charge in [0.15, 0.2) is 11.6 Å². The van der Waals surface area contributed by atoms with Gasteiger partial charge in [0.25, 0.3) is 0 Å². The maximum absolute atomic E-state index is 13.3. The molecule has 1 aromatic rings. The van der Waals surface area contributed by atoms with Gasteiger partial charge in [0.05, 0.1) is 5.69 Å². The molecule has 2 atom stereocenters. The molecule has 6 heteroatoms. The van der Waals surface area contributed by atoms with Crippen molar-refractivity contribution in [2.75, 3.05) is 5.32 Å². The molecule has 3 N–H and O–H groups in total. The van der Waals surface area contributed by atoms with Crippen LogP contribution in [0.25, 0.3) is 0 Å². The van der Waals surface area contributed by atoms with Gasteiger partial charge in [-0.05, 0) is 19.3 Å². The highest BCUT2D eigenvalue weighted by Crippen LogP contribution is 2.26. The zero-order chi connectivity index (χ0) is 13.3. The van der Waals surface area contributed by atoms with Crippen LogP contribution in [0, 0.1) is 23.4 Å². The topological polar surface area (TPSA) is 55.1 Å². The third-order valence-corrected chi connectivity index (χ3v) is 3.11. The average molecular weight is 258 g/mol. The minimum Gasteiger partial charge on any atom is -0.328 e. The van der Waals surface area contributed by atoms with Crippen molar-refractivity contribution in [2.24, 2.45) is 11.7 Å². The minimum atomic E-state index is -1.28. The van der Waals surface area contributed by atoms with Crippen LogP contribution in [0.15, 0.2) is 12.1 Å². The second-order valence-electron chi connectivity index (χ2n) is 4.51. The number of halogens is 3. The molecule has 0 aliphatic heterocycles. The molecule has 2 rings (SSSR count). The number of rotatable bonds is 2. The largest absolute Gasteiger partial charge is 0.328 e. The Morgan fingerprint density at radius 2 is 1.83 bits per heavy atom. The number of hydrogen-bond donors (Lipinski definition) is 2. The second kappa shape index (κ2) is 4.97. The predicted molar refractivity (Wildman–Crippen MR) is 60.3 cm³/mol. The fourth-order valence-corrected chi connectivity index (χ4v) is 2.11. The summed E-state index contributed by atoms with van der Waals surface area (Å²) in [5.41, 5.74) is 5.32. The lowest BCUT2D eigenvalue weighted by atomic mass is 10.1. The minimum absolute atomic E-state index is 0.0319. The molecule has 0 unspecified atom stereocenters. The first kappa shape index (κ1) is 12.9. The van der Waals surface area contributed by atoms with Crippen molar-refractivity contribution in [1.29, 1.82) is 0 Å². The van der Waals surface area contributed by atoms with E-state index in [2.05, 4.69) is 5.32 Å². The Balaban J connectivity index is 2.09. The van der Waals surface area contributed by atoms with Crippen LogP contribution in [0.2, 0.25) is 0 Å². The van der Waals surface area contributed by atoms with E-state index in [0.29, 0.717) is 25.0 Å². The van der Waals surface area contributed by atoms with E-state index in [1.807, 2.05) is 0 Å². The predicted octanol–water partition coefficient (Wildman–Crippen LogP) is 2.17. The lowest BCUT2D eigenvalue weighted by Crippen LogP contribution is -2.23. The number of nitrogens with two attached hydrogens (primary N) is 1. The average Bonchev–Trinajstić information content (AvgIpc) is 2.73. The molecule has 3 nitrogen and oxygen atoms in total. The van der Waals surface area contributed by atoms with Gasteiger partial charge in [-0.15, -0.1) is 0 Å². The summed E-state index contributed by atoms with van der Waals surface area (Å²) in [5.74, 6) is -4.19. The first-order valence-electron chi connectivity index (χ1n) is 5.68. The van der Waals surface area contributed by atoms with E-state index >= 15 is 0 Å². The van der Waals surface area contributed by atoms with Crippen molar-refractivity contribution >= 4 is 11.6 Å². The van der Waals surface area contributed by atoms with E-state index in [1.54, 1.807) is 0 Å². The van der Waals surface area contributed by atoms with Gasteiger partial charge < -0.3 is 11.1 Å². The van der Waals surface area contributed by atoms with E-state index in [4.69, 9.17) is 5.73 Å². The summed E-state index contributed by atoms with van der Waals surface area (Å²) in [7, 11) is 0. The molecule has 0 saturated heterocycles. The van der Waals surface area contributed by atoms with Gasteiger partial charge in [-0.3, -0.25) is 4.79 Å². The molecule has 0 bridgehead atoms. The van der Waals surface area contributed by atoms with Crippen LogP contribution in [-0.2, 0) is 4.79 Å². The Hall–Kier alpha value is -1.56. The number of carbonyl (C=O) groups is 1. The molecule has 0 heterocycles. The molecule has 1 saturated carbocycles. The molecular formula is C12H13F3N2O. The number of anilines is 1. The Labute approximate surface area is 102 Å². The van der Waals surface area contributed by atoms with Crippen LogP contribution >= 0.6 is 0 Å². The highest BCUT2D eigenvalue weighted by atomic mass is 19.2. The molecule has 1 aromatic carbocycles. The van der Waals surface area contributed by atoms with Crippen molar-refractivity contribution < 1.29 is 18.0 Å². The molecule has 0 spiro atoms. The number of hydrogen-bond acceptors (Lipinski definition) is 2. The van der Waals surface area contributed by atoms with Crippen molar-refractivity contribution in [1.82, 2.24) is 0 Å². The van der Waals surface area contributed by atoms with Crippen LogP contribution in [0.4, 0.5) is 18.9 Å². The molecular weight excluding hydrogens is 245 g/mol.